The van der Waals surface area contributed by atoms with Gasteiger partial charge in [0.1, 0.15) is 0 Å². The second-order valence-electron chi connectivity index (χ2n) is 3.54. The van der Waals surface area contributed by atoms with Crippen molar-refractivity contribution >= 4 is 0 Å². The molecule has 0 atom stereocenters. The molecule has 0 nitrogen and oxygen atoms in total. The van der Waals surface area contributed by atoms with Crippen LogP contribution in [0, 0.1) is 12.3 Å². The van der Waals surface area contributed by atoms with Crippen LogP contribution in [0.4, 0.5) is 0 Å². The van der Waals surface area contributed by atoms with Gasteiger partial charge in [0, 0.05) is 6.42 Å². The van der Waals surface area contributed by atoms with Gasteiger partial charge in [0.15, 0.2) is 0 Å². The first-order chi connectivity index (χ1) is 5.33. The highest BCUT2D eigenvalue weighted by Gasteiger charge is 2.19. The average molecular weight is 150 g/mol. The van der Waals surface area contributed by atoms with Gasteiger partial charge in [-0.25, -0.2) is 0 Å². The molecule has 0 aromatic heterocycles. The highest BCUT2D eigenvalue weighted by molar-refractivity contribution is 5.10. The van der Waals surface area contributed by atoms with Crippen molar-refractivity contribution in [2.45, 2.75) is 46.0 Å². The maximum Gasteiger partial charge on any atom is 0.0117 e. The SMILES string of the molecule is CCCCC(C)=C[C]C1CC1. The Labute approximate surface area is 70.7 Å². The van der Waals surface area contributed by atoms with Crippen LogP contribution < -0.4 is 0 Å². The molecule has 1 aliphatic rings. The third-order valence-electron chi connectivity index (χ3n) is 2.07. The van der Waals surface area contributed by atoms with Crippen molar-refractivity contribution in [2.24, 2.45) is 5.92 Å². The van der Waals surface area contributed by atoms with E-state index in [0.29, 0.717) is 0 Å². The van der Waals surface area contributed by atoms with Gasteiger partial charge in [0.05, 0.1) is 0 Å². The molecule has 62 valence electrons. The van der Waals surface area contributed by atoms with Crippen LogP contribution in [0.3, 0.4) is 0 Å². The zero-order valence-corrected chi connectivity index (χ0v) is 7.69. The van der Waals surface area contributed by atoms with E-state index in [-0.39, 0.29) is 0 Å². The van der Waals surface area contributed by atoms with E-state index in [1.54, 1.807) is 0 Å². The Morgan fingerprint density at radius 1 is 1.55 bits per heavy atom. The molecule has 0 bridgehead atoms. The van der Waals surface area contributed by atoms with E-state index >= 15 is 0 Å². The standard InChI is InChI=1S/C11H18/c1-3-4-5-10(2)6-7-11-8-9-11/h6,11H,3-5,8-9H2,1-2H3. The second-order valence-corrected chi connectivity index (χ2v) is 3.54. The first kappa shape index (κ1) is 8.83. The van der Waals surface area contributed by atoms with Crippen LogP contribution in [-0.2, 0) is 0 Å². The molecule has 0 aromatic carbocycles. The van der Waals surface area contributed by atoms with Crippen molar-refractivity contribution in [3.8, 4) is 0 Å². The van der Waals surface area contributed by atoms with E-state index < -0.39 is 0 Å². The smallest absolute Gasteiger partial charge is 0.0117 e. The fourth-order valence-corrected chi connectivity index (χ4v) is 1.04. The molecule has 0 spiro atoms. The molecule has 0 N–H and O–H groups in total. The van der Waals surface area contributed by atoms with Crippen LogP contribution in [0.15, 0.2) is 11.6 Å². The lowest BCUT2D eigenvalue weighted by Gasteiger charge is -1.97. The summed E-state index contributed by atoms with van der Waals surface area (Å²) in [7, 11) is 0. The van der Waals surface area contributed by atoms with Crippen molar-refractivity contribution in [3.63, 3.8) is 0 Å². The summed E-state index contributed by atoms with van der Waals surface area (Å²) in [5.74, 6) is 0.812. The highest BCUT2D eigenvalue weighted by Crippen LogP contribution is 2.32. The molecule has 1 aliphatic carbocycles. The first-order valence-corrected chi connectivity index (χ1v) is 4.74. The van der Waals surface area contributed by atoms with E-state index in [1.165, 1.54) is 37.7 Å². The maximum absolute atomic E-state index is 3.40. The van der Waals surface area contributed by atoms with Crippen LogP contribution in [0.2, 0.25) is 0 Å². The highest BCUT2D eigenvalue weighted by atomic mass is 14.2. The van der Waals surface area contributed by atoms with Crippen molar-refractivity contribution in [1.82, 2.24) is 0 Å². The fourth-order valence-electron chi connectivity index (χ4n) is 1.04. The van der Waals surface area contributed by atoms with Gasteiger partial charge in [-0.1, -0.05) is 25.0 Å². The number of allylic oxidation sites excluding steroid dienone is 2. The minimum atomic E-state index is 0.812. The molecule has 1 fully saturated rings. The molecule has 0 aromatic rings. The van der Waals surface area contributed by atoms with Crippen LogP contribution >= 0.6 is 0 Å². The molecule has 0 heteroatoms. The summed E-state index contributed by atoms with van der Waals surface area (Å²) >= 11 is 0. The number of hydrogen-bond acceptors (Lipinski definition) is 0. The van der Waals surface area contributed by atoms with Crippen molar-refractivity contribution < 1.29 is 0 Å². The Bertz CT molecular complexity index is 129. The molecule has 1 rings (SSSR count). The molecular formula is C11H18. The second kappa shape index (κ2) is 4.58. The molecule has 0 unspecified atom stereocenters. The zero-order chi connectivity index (χ0) is 8.10. The van der Waals surface area contributed by atoms with Crippen LogP contribution in [0.5, 0.6) is 0 Å². The van der Waals surface area contributed by atoms with E-state index in [4.69, 9.17) is 0 Å². The molecule has 2 radical (unpaired) electrons. The first-order valence-electron chi connectivity index (χ1n) is 4.74. The predicted octanol–water partition coefficient (Wildman–Crippen LogP) is 3.61. The fraction of sp³-hybridized carbons (Fsp3) is 0.727. The molecular weight excluding hydrogens is 132 g/mol. The third-order valence-corrected chi connectivity index (χ3v) is 2.07. The number of unbranched alkanes of at least 4 members (excludes halogenated alkanes) is 1. The average Bonchev–Trinajstić information content (AvgIpc) is 2.80. The lowest BCUT2D eigenvalue weighted by Crippen LogP contribution is -1.79. The summed E-state index contributed by atoms with van der Waals surface area (Å²) < 4.78 is 0. The summed E-state index contributed by atoms with van der Waals surface area (Å²) in [5.41, 5.74) is 1.50. The van der Waals surface area contributed by atoms with Gasteiger partial charge in [0.25, 0.3) is 0 Å². The minimum Gasteiger partial charge on any atom is -0.0773 e. The molecule has 11 heavy (non-hydrogen) atoms. The van der Waals surface area contributed by atoms with Gasteiger partial charge in [-0.15, -0.1) is 0 Å². The Balaban J connectivity index is 2.05. The van der Waals surface area contributed by atoms with E-state index in [0.717, 1.165) is 5.92 Å². The Hall–Kier alpha value is -0.260. The summed E-state index contributed by atoms with van der Waals surface area (Å²) in [6.07, 6.45) is 12.2. The van der Waals surface area contributed by atoms with Gasteiger partial charge in [0.2, 0.25) is 0 Å². The third kappa shape index (κ3) is 4.23. The van der Waals surface area contributed by atoms with E-state index in [1.807, 2.05) is 0 Å². The van der Waals surface area contributed by atoms with Gasteiger partial charge in [-0.2, -0.15) is 0 Å². The van der Waals surface area contributed by atoms with Crippen molar-refractivity contribution in [1.29, 1.82) is 0 Å². The largest absolute Gasteiger partial charge is 0.0773 e. The molecule has 0 heterocycles. The lowest BCUT2D eigenvalue weighted by atomic mass is 10.1. The molecule has 0 aliphatic heterocycles. The topological polar surface area (TPSA) is 0 Å². The van der Waals surface area contributed by atoms with Gasteiger partial charge in [-0.05, 0) is 38.5 Å². The maximum atomic E-state index is 3.40. The number of rotatable bonds is 5. The van der Waals surface area contributed by atoms with Gasteiger partial charge >= 0.3 is 0 Å². The summed E-state index contributed by atoms with van der Waals surface area (Å²) in [4.78, 5) is 0. The predicted molar refractivity (Wildman–Crippen MR) is 49.2 cm³/mol. The quantitative estimate of drug-likeness (QED) is 0.561. The Morgan fingerprint density at radius 3 is 2.82 bits per heavy atom. The zero-order valence-electron chi connectivity index (χ0n) is 7.69. The molecule has 1 saturated carbocycles. The van der Waals surface area contributed by atoms with Crippen molar-refractivity contribution in [3.05, 3.63) is 18.1 Å². The monoisotopic (exact) mass is 150 g/mol. The Morgan fingerprint density at radius 2 is 2.27 bits per heavy atom. The lowest BCUT2D eigenvalue weighted by molar-refractivity contribution is 0.785. The van der Waals surface area contributed by atoms with Gasteiger partial charge < -0.3 is 0 Å². The van der Waals surface area contributed by atoms with Crippen molar-refractivity contribution in [2.75, 3.05) is 0 Å². The molecule has 0 amide bonds. The summed E-state index contributed by atoms with van der Waals surface area (Å²) in [5, 5.41) is 0. The minimum absolute atomic E-state index is 0.812. The molecule has 0 saturated heterocycles. The Kier molecular flexibility index (Phi) is 3.68. The van der Waals surface area contributed by atoms with E-state index in [2.05, 4.69) is 26.3 Å². The summed E-state index contributed by atoms with van der Waals surface area (Å²) in [6, 6.07) is 0. The van der Waals surface area contributed by atoms with Crippen LogP contribution in [0.25, 0.3) is 0 Å². The summed E-state index contributed by atoms with van der Waals surface area (Å²) in [6.45, 7) is 4.45. The normalized spacial score (nSPS) is 18.9. The van der Waals surface area contributed by atoms with Crippen LogP contribution in [0.1, 0.15) is 46.0 Å². The van der Waals surface area contributed by atoms with Gasteiger partial charge in [-0.3, -0.25) is 0 Å². The van der Waals surface area contributed by atoms with E-state index in [9.17, 15) is 0 Å². The van der Waals surface area contributed by atoms with Crippen LogP contribution in [-0.4, -0.2) is 0 Å². The number of hydrogen-bond donors (Lipinski definition) is 0.